The molecular weight excluding hydrogens is 502 g/mol. The third-order valence-electron chi connectivity index (χ3n) is 7.27. The van der Waals surface area contributed by atoms with Gasteiger partial charge in [0.1, 0.15) is 0 Å². The first kappa shape index (κ1) is 37.2. The van der Waals surface area contributed by atoms with Gasteiger partial charge in [0.2, 0.25) is 0 Å². The van der Waals surface area contributed by atoms with E-state index < -0.39 is 0 Å². The van der Waals surface area contributed by atoms with Crippen LogP contribution >= 0.6 is 0 Å². The van der Waals surface area contributed by atoms with Crippen LogP contribution in [0.25, 0.3) is 0 Å². The van der Waals surface area contributed by atoms with Gasteiger partial charge >= 0.3 is 0 Å². The van der Waals surface area contributed by atoms with Crippen molar-refractivity contribution in [2.24, 2.45) is 0 Å². The molecule has 0 aromatic rings. The molecule has 0 unspecified atom stereocenters. The maximum Gasteiger partial charge on any atom is 0.0787 e. The second kappa shape index (κ2) is 30.3. The molecule has 0 aliphatic carbocycles. The van der Waals surface area contributed by atoms with Gasteiger partial charge in [0, 0.05) is 19.8 Å². The lowest BCUT2D eigenvalue weighted by Crippen LogP contribution is -3.00. The van der Waals surface area contributed by atoms with E-state index in [1.807, 2.05) is 0 Å². The topological polar surface area (TPSA) is 60.7 Å². The Bertz CT molecular complexity index is 394. The van der Waals surface area contributed by atoms with Crippen LogP contribution in [-0.2, 0) is 0 Å². The zero-order valence-electron chi connectivity index (χ0n) is 23.4. The van der Waals surface area contributed by atoms with E-state index in [1.54, 1.807) is 0 Å². The van der Waals surface area contributed by atoms with Crippen LogP contribution in [-0.4, -0.2) is 65.8 Å². The monoisotopic (exact) mass is 563 g/mol. The van der Waals surface area contributed by atoms with Crippen LogP contribution in [0.15, 0.2) is 12.2 Å². The number of aliphatic hydroxyl groups is 3. The molecule has 0 amide bonds. The summed E-state index contributed by atoms with van der Waals surface area (Å²) < 4.78 is 1.11. The van der Waals surface area contributed by atoms with Gasteiger partial charge in [-0.3, -0.25) is 0 Å². The van der Waals surface area contributed by atoms with Crippen LogP contribution in [0.4, 0.5) is 0 Å². The van der Waals surface area contributed by atoms with Crippen molar-refractivity contribution >= 4 is 0 Å². The molecule has 0 aromatic carbocycles. The first-order chi connectivity index (χ1) is 16.7. The molecule has 35 heavy (non-hydrogen) atoms. The number of allylic oxidation sites excluding steroid dienone is 2. The highest BCUT2D eigenvalue weighted by Crippen LogP contribution is 2.18. The zero-order chi connectivity index (χ0) is 25.0. The summed E-state index contributed by atoms with van der Waals surface area (Å²) in [6.45, 7) is 7.71. The minimum Gasteiger partial charge on any atom is -1.00 e. The van der Waals surface area contributed by atoms with Gasteiger partial charge in [0.25, 0.3) is 0 Å². The summed E-state index contributed by atoms with van der Waals surface area (Å²) in [5.41, 5.74) is 0. The molecule has 0 aliphatic rings. The van der Waals surface area contributed by atoms with Gasteiger partial charge in [-0.25, -0.2) is 0 Å². The molecule has 0 spiro atoms. The van der Waals surface area contributed by atoms with Gasteiger partial charge in [-0.2, -0.15) is 0 Å². The van der Waals surface area contributed by atoms with E-state index in [1.165, 1.54) is 96.4 Å². The van der Waals surface area contributed by atoms with Crippen molar-refractivity contribution in [3.8, 4) is 0 Å². The summed E-state index contributed by atoms with van der Waals surface area (Å²) >= 11 is 0. The highest BCUT2D eigenvalue weighted by molar-refractivity contribution is 4.81. The van der Waals surface area contributed by atoms with E-state index in [0.29, 0.717) is 0 Å². The van der Waals surface area contributed by atoms with Crippen LogP contribution in [0.5, 0.6) is 0 Å². The first-order valence-corrected chi connectivity index (χ1v) is 15.1. The summed E-state index contributed by atoms with van der Waals surface area (Å²) in [7, 11) is 0. The quantitative estimate of drug-likeness (QED) is 0.0760. The van der Waals surface area contributed by atoms with Crippen LogP contribution in [0.2, 0.25) is 0 Å². The fraction of sp³-hybridized carbons (Fsp3) is 0.933. The van der Waals surface area contributed by atoms with Crippen molar-refractivity contribution in [1.29, 1.82) is 0 Å². The van der Waals surface area contributed by atoms with E-state index in [9.17, 15) is 15.3 Å². The van der Waals surface area contributed by atoms with Crippen LogP contribution < -0.4 is 17.0 Å². The number of halogens is 1. The molecule has 0 rings (SSSR count). The predicted molar refractivity (Wildman–Crippen MR) is 148 cm³/mol. The first-order valence-electron chi connectivity index (χ1n) is 15.1. The smallest absolute Gasteiger partial charge is 0.0787 e. The Morgan fingerprint density at radius 2 is 0.743 bits per heavy atom. The normalized spacial score (nSPS) is 11.9. The minimum atomic E-state index is 0. The number of unbranched alkanes of at least 4 members (excludes halogenated alkanes) is 15. The van der Waals surface area contributed by atoms with Crippen molar-refractivity contribution in [1.82, 2.24) is 0 Å². The molecular formula is C30H62BrNO3. The van der Waals surface area contributed by atoms with Crippen LogP contribution in [0.1, 0.15) is 135 Å². The Labute approximate surface area is 229 Å². The van der Waals surface area contributed by atoms with Crippen molar-refractivity contribution in [3.63, 3.8) is 0 Å². The number of aliphatic hydroxyl groups excluding tert-OH is 3. The van der Waals surface area contributed by atoms with Crippen molar-refractivity contribution < 1.29 is 36.8 Å². The fourth-order valence-electron chi connectivity index (χ4n) is 5.04. The maximum atomic E-state index is 9.24. The minimum absolute atomic E-state index is 0. The number of hydrogen-bond acceptors (Lipinski definition) is 3. The van der Waals surface area contributed by atoms with E-state index in [0.717, 1.165) is 62.6 Å². The Balaban J connectivity index is 0. The van der Waals surface area contributed by atoms with Gasteiger partial charge in [-0.05, 0) is 77.0 Å². The third-order valence-corrected chi connectivity index (χ3v) is 7.27. The lowest BCUT2D eigenvalue weighted by Gasteiger charge is -2.39. The second-order valence-electron chi connectivity index (χ2n) is 10.5. The molecule has 0 fully saturated rings. The van der Waals surface area contributed by atoms with Gasteiger partial charge < -0.3 is 36.8 Å². The Morgan fingerprint density at radius 1 is 0.429 bits per heavy atom. The molecule has 0 heterocycles. The standard InChI is InChI=1S/C30H62NO3.BrH/c1-2-3-4-5-6-7-8-9-10-11-12-13-14-15-16-17-24-31(25-18-21-28-32,26-19-22-29-33)27-20-23-30-34;/h9-10,32-34H,2-8,11-30H2,1H3;1H/q+1;/p-1/b10-9-;. The summed E-state index contributed by atoms with van der Waals surface area (Å²) in [4.78, 5) is 0. The van der Waals surface area contributed by atoms with Crippen molar-refractivity contribution in [3.05, 3.63) is 12.2 Å². The molecule has 212 valence electrons. The molecule has 0 saturated heterocycles. The number of rotatable bonds is 28. The molecule has 0 radical (unpaired) electrons. The molecule has 0 aromatic heterocycles. The number of nitrogens with zero attached hydrogens (tertiary/aromatic N) is 1. The highest BCUT2D eigenvalue weighted by Gasteiger charge is 2.25. The number of hydrogen-bond donors (Lipinski definition) is 3. The van der Waals surface area contributed by atoms with E-state index in [-0.39, 0.29) is 36.8 Å². The van der Waals surface area contributed by atoms with Gasteiger partial charge in [-0.15, -0.1) is 0 Å². The molecule has 3 N–H and O–H groups in total. The molecule has 0 saturated carbocycles. The Kier molecular flexibility index (Phi) is 32.2. The van der Waals surface area contributed by atoms with E-state index in [4.69, 9.17) is 0 Å². The largest absolute Gasteiger partial charge is 1.00 e. The van der Waals surface area contributed by atoms with Crippen LogP contribution in [0.3, 0.4) is 0 Å². The Hall–Kier alpha value is 0.0600. The summed E-state index contributed by atoms with van der Waals surface area (Å²) in [5, 5.41) is 27.7. The maximum absolute atomic E-state index is 9.24. The van der Waals surface area contributed by atoms with Crippen LogP contribution in [0, 0.1) is 0 Å². The van der Waals surface area contributed by atoms with Crippen molar-refractivity contribution in [2.75, 3.05) is 46.0 Å². The molecule has 4 nitrogen and oxygen atoms in total. The predicted octanol–water partition coefficient (Wildman–Crippen LogP) is 4.16. The number of quaternary nitrogens is 1. The lowest BCUT2D eigenvalue weighted by molar-refractivity contribution is -0.929. The average Bonchev–Trinajstić information content (AvgIpc) is 2.84. The van der Waals surface area contributed by atoms with Gasteiger partial charge in [0.15, 0.2) is 0 Å². The van der Waals surface area contributed by atoms with E-state index >= 15 is 0 Å². The molecule has 0 atom stereocenters. The second-order valence-corrected chi connectivity index (χ2v) is 10.5. The summed E-state index contributed by atoms with van der Waals surface area (Å²) in [6, 6.07) is 0. The summed E-state index contributed by atoms with van der Waals surface area (Å²) in [6.07, 6.45) is 29.5. The van der Waals surface area contributed by atoms with Gasteiger partial charge in [-0.1, -0.05) is 70.4 Å². The fourth-order valence-corrected chi connectivity index (χ4v) is 5.04. The molecule has 0 bridgehead atoms. The van der Waals surface area contributed by atoms with E-state index in [2.05, 4.69) is 19.1 Å². The average molecular weight is 565 g/mol. The Morgan fingerprint density at radius 3 is 1.11 bits per heavy atom. The summed E-state index contributed by atoms with van der Waals surface area (Å²) in [5.74, 6) is 0. The lowest BCUT2D eigenvalue weighted by atomic mass is 10.1. The molecule has 0 aliphatic heterocycles. The van der Waals surface area contributed by atoms with Gasteiger partial charge in [0.05, 0.1) is 26.2 Å². The molecule has 5 heteroatoms. The zero-order valence-corrected chi connectivity index (χ0v) is 25.0. The highest BCUT2D eigenvalue weighted by atomic mass is 79.9. The van der Waals surface area contributed by atoms with Crippen molar-refractivity contribution in [2.45, 2.75) is 135 Å². The SMILES string of the molecule is CCCCCCCC/C=C\CCCCCCCC[N+](CCCCO)(CCCCO)CCCCO.[Br-]. The third kappa shape index (κ3) is 25.5.